The highest BCUT2D eigenvalue weighted by Crippen LogP contribution is 2.29. The number of nitrogens with zero attached hydrogens (tertiary/aromatic N) is 1. The normalized spacial score (nSPS) is 15.9. The molecule has 0 bridgehead atoms. The minimum Gasteiger partial charge on any atom is -0.298 e. The highest BCUT2D eigenvalue weighted by Gasteiger charge is 2.21. The summed E-state index contributed by atoms with van der Waals surface area (Å²) in [5, 5.41) is 0. The summed E-state index contributed by atoms with van der Waals surface area (Å²) < 4.78 is 14.0. The van der Waals surface area contributed by atoms with Crippen LogP contribution in [0.3, 0.4) is 0 Å². The molecule has 0 spiro atoms. The maximum absolute atomic E-state index is 14.0. The fraction of sp³-hybridized carbons (Fsp3) is 0.211. The second-order valence-electron chi connectivity index (χ2n) is 5.55. The second kappa shape index (κ2) is 6.67. The summed E-state index contributed by atoms with van der Waals surface area (Å²) in [7, 11) is 0. The fourth-order valence-electron chi connectivity index (χ4n) is 2.94. The van der Waals surface area contributed by atoms with E-state index in [1.165, 1.54) is 11.6 Å². The van der Waals surface area contributed by atoms with Gasteiger partial charge in [-0.2, -0.15) is 0 Å². The molecule has 0 N–H and O–H groups in total. The smallest absolute Gasteiger partial charge is 0.147 e. The van der Waals surface area contributed by atoms with Crippen molar-refractivity contribution in [2.45, 2.75) is 13.0 Å². The van der Waals surface area contributed by atoms with Gasteiger partial charge < -0.3 is 0 Å². The van der Waals surface area contributed by atoms with Crippen LogP contribution < -0.4 is 0 Å². The molecule has 3 rings (SSSR count). The number of halogens is 1. The Kier molecular flexibility index (Phi) is 4.45. The summed E-state index contributed by atoms with van der Waals surface area (Å²) in [6, 6.07) is 16.9. The largest absolute Gasteiger partial charge is 0.298 e. The van der Waals surface area contributed by atoms with E-state index >= 15 is 0 Å². The summed E-state index contributed by atoms with van der Waals surface area (Å²) in [4.78, 5) is 13.7. The fourth-order valence-corrected chi connectivity index (χ4v) is 2.94. The SMILES string of the molecule is O=CC1=C(c2ccccc2F)CCN(Cc2ccccc2)C1. The quantitative estimate of drug-likeness (QED) is 0.802. The Morgan fingerprint density at radius 3 is 2.50 bits per heavy atom. The van der Waals surface area contributed by atoms with Crippen LogP contribution in [-0.2, 0) is 11.3 Å². The Labute approximate surface area is 129 Å². The van der Waals surface area contributed by atoms with Crippen LogP contribution in [0.5, 0.6) is 0 Å². The predicted octanol–water partition coefficient (Wildman–Crippen LogP) is 3.68. The van der Waals surface area contributed by atoms with Crippen LogP contribution in [0.1, 0.15) is 17.5 Å². The van der Waals surface area contributed by atoms with Gasteiger partial charge in [-0.15, -0.1) is 0 Å². The average Bonchev–Trinajstić information content (AvgIpc) is 2.56. The van der Waals surface area contributed by atoms with Crippen molar-refractivity contribution in [1.29, 1.82) is 0 Å². The van der Waals surface area contributed by atoms with Gasteiger partial charge in [-0.05, 0) is 23.6 Å². The van der Waals surface area contributed by atoms with Crippen molar-refractivity contribution in [3.05, 3.63) is 77.1 Å². The maximum Gasteiger partial charge on any atom is 0.147 e. The molecule has 0 amide bonds. The maximum atomic E-state index is 14.0. The number of benzene rings is 2. The number of rotatable bonds is 4. The van der Waals surface area contributed by atoms with Gasteiger partial charge in [0.2, 0.25) is 0 Å². The molecule has 1 heterocycles. The first-order valence-electron chi connectivity index (χ1n) is 7.46. The molecule has 112 valence electrons. The zero-order valence-corrected chi connectivity index (χ0v) is 12.3. The lowest BCUT2D eigenvalue weighted by molar-refractivity contribution is -0.105. The zero-order valence-electron chi connectivity index (χ0n) is 12.3. The number of carbonyl (C=O) groups is 1. The lowest BCUT2D eigenvalue weighted by Gasteiger charge is -2.29. The second-order valence-corrected chi connectivity index (χ2v) is 5.55. The summed E-state index contributed by atoms with van der Waals surface area (Å²) >= 11 is 0. The van der Waals surface area contributed by atoms with Gasteiger partial charge in [0.15, 0.2) is 0 Å². The molecule has 0 atom stereocenters. The van der Waals surface area contributed by atoms with Crippen molar-refractivity contribution < 1.29 is 9.18 Å². The van der Waals surface area contributed by atoms with E-state index in [-0.39, 0.29) is 5.82 Å². The summed E-state index contributed by atoms with van der Waals surface area (Å²) in [6.07, 6.45) is 1.57. The van der Waals surface area contributed by atoms with Gasteiger partial charge in [0.1, 0.15) is 12.1 Å². The molecule has 2 aromatic carbocycles. The van der Waals surface area contributed by atoms with Crippen molar-refractivity contribution in [3.63, 3.8) is 0 Å². The van der Waals surface area contributed by atoms with E-state index in [1.54, 1.807) is 12.1 Å². The van der Waals surface area contributed by atoms with E-state index in [1.807, 2.05) is 24.3 Å². The molecule has 0 aliphatic carbocycles. The molecule has 2 nitrogen and oxygen atoms in total. The van der Waals surface area contributed by atoms with E-state index in [2.05, 4.69) is 17.0 Å². The van der Waals surface area contributed by atoms with Gasteiger partial charge >= 0.3 is 0 Å². The van der Waals surface area contributed by atoms with Crippen LogP contribution in [-0.4, -0.2) is 24.3 Å². The van der Waals surface area contributed by atoms with E-state index in [0.717, 1.165) is 24.9 Å². The molecule has 0 fully saturated rings. The zero-order chi connectivity index (χ0) is 15.4. The highest BCUT2D eigenvalue weighted by atomic mass is 19.1. The molecular formula is C19H18FNO. The number of hydrogen-bond acceptors (Lipinski definition) is 2. The third kappa shape index (κ3) is 3.15. The van der Waals surface area contributed by atoms with E-state index in [9.17, 15) is 9.18 Å². The van der Waals surface area contributed by atoms with Crippen LogP contribution in [0.15, 0.2) is 60.2 Å². The molecule has 0 saturated heterocycles. The van der Waals surface area contributed by atoms with Gasteiger partial charge in [-0.1, -0.05) is 48.5 Å². The Morgan fingerprint density at radius 1 is 1.05 bits per heavy atom. The molecule has 0 radical (unpaired) electrons. The van der Waals surface area contributed by atoms with Gasteiger partial charge in [0.25, 0.3) is 0 Å². The van der Waals surface area contributed by atoms with Crippen LogP contribution in [0, 0.1) is 5.82 Å². The van der Waals surface area contributed by atoms with E-state index < -0.39 is 0 Å². The van der Waals surface area contributed by atoms with Crippen LogP contribution in [0.2, 0.25) is 0 Å². The number of hydrogen-bond donors (Lipinski definition) is 0. The van der Waals surface area contributed by atoms with Crippen LogP contribution in [0.25, 0.3) is 5.57 Å². The van der Waals surface area contributed by atoms with Crippen molar-refractivity contribution in [2.75, 3.05) is 13.1 Å². The van der Waals surface area contributed by atoms with Gasteiger partial charge in [0, 0.05) is 30.8 Å². The minimum atomic E-state index is -0.256. The van der Waals surface area contributed by atoms with Crippen LogP contribution in [0.4, 0.5) is 4.39 Å². The molecule has 1 aliphatic rings. The summed E-state index contributed by atoms with van der Waals surface area (Å²) in [6.45, 7) is 2.21. The third-order valence-corrected chi connectivity index (χ3v) is 4.05. The first-order chi connectivity index (χ1) is 10.8. The molecule has 0 saturated carbocycles. The summed E-state index contributed by atoms with van der Waals surface area (Å²) in [5.74, 6) is -0.256. The Bertz CT molecular complexity index is 694. The average molecular weight is 295 g/mol. The van der Waals surface area contributed by atoms with Gasteiger partial charge in [-0.25, -0.2) is 4.39 Å². The Balaban J connectivity index is 1.82. The first kappa shape index (κ1) is 14.7. The molecule has 2 aromatic rings. The van der Waals surface area contributed by atoms with Crippen molar-refractivity contribution >= 4 is 11.9 Å². The van der Waals surface area contributed by atoms with Gasteiger partial charge in [0.05, 0.1) is 0 Å². The molecule has 0 unspecified atom stereocenters. The minimum absolute atomic E-state index is 0.256. The monoisotopic (exact) mass is 295 g/mol. The molecule has 3 heteroatoms. The van der Waals surface area contributed by atoms with Crippen molar-refractivity contribution in [2.24, 2.45) is 0 Å². The predicted molar refractivity (Wildman–Crippen MR) is 85.7 cm³/mol. The van der Waals surface area contributed by atoms with Crippen molar-refractivity contribution in [3.8, 4) is 0 Å². The standard InChI is InChI=1S/C19H18FNO/c20-19-9-5-4-8-18(19)17-10-11-21(13-16(17)14-22)12-15-6-2-1-3-7-15/h1-9,14H,10-13H2. The number of aldehydes is 1. The third-order valence-electron chi connectivity index (χ3n) is 4.05. The molecule has 22 heavy (non-hydrogen) atoms. The Hall–Kier alpha value is -2.26. The summed E-state index contributed by atoms with van der Waals surface area (Å²) in [5.41, 5.74) is 3.32. The molecule has 1 aliphatic heterocycles. The lowest BCUT2D eigenvalue weighted by Crippen LogP contribution is -2.31. The van der Waals surface area contributed by atoms with E-state index in [4.69, 9.17) is 0 Å². The van der Waals surface area contributed by atoms with Gasteiger partial charge in [-0.3, -0.25) is 9.69 Å². The molecule has 0 aromatic heterocycles. The van der Waals surface area contributed by atoms with Crippen molar-refractivity contribution in [1.82, 2.24) is 4.90 Å². The number of carbonyl (C=O) groups excluding carboxylic acids is 1. The highest BCUT2D eigenvalue weighted by molar-refractivity contribution is 5.89. The first-order valence-corrected chi connectivity index (χ1v) is 7.46. The Morgan fingerprint density at radius 2 is 1.77 bits per heavy atom. The lowest BCUT2D eigenvalue weighted by atomic mass is 9.93. The van der Waals surface area contributed by atoms with Crippen LogP contribution >= 0.6 is 0 Å². The van der Waals surface area contributed by atoms with E-state index in [0.29, 0.717) is 24.1 Å². The topological polar surface area (TPSA) is 20.3 Å². The molecular weight excluding hydrogens is 277 g/mol.